The second kappa shape index (κ2) is 5.84. The Morgan fingerprint density at radius 2 is 1.00 bits per heavy atom. The fourth-order valence-electron chi connectivity index (χ4n) is 8.55. The van der Waals surface area contributed by atoms with E-state index in [1.165, 1.54) is 51.4 Å². The molecule has 0 aliphatic heterocycles. The Bertz CT molecular complexity index is 525. The molecule has 148 valence electrons. The van der Waals surface area contributed by atoms with E-state index in [0.717, 1.165) is 24.7 Å². The highest BCUT2D eigenvalue weighted by Gasteiger charge is 2.58. The fourth-order valence-corrected chi connectivity index (χ4v) is 8.55. The fraction of sp³-hybridized carbons (Fsp3) is 0.960. The van der Waals surface area contributed by atoms with Crippen molar-refractivity contribution in [2.75, 3.05) is 0 Å². The van der Waals surface area contributed by atoms with Crippen LogP contribution >= 0.6 is 0 Å². The zero-order valence-corrected chi connectivity index (χ0v) is 18.3. The van der Waals surface area contributed by atoms with Crippen LogP contribution in [0.15, 0.2) is 0 Å². The lowest BCUT2D eigenvalue weighted by Gasteiger charge is -2.61. The van der Waals surface area contributed by atoms with E-state index in [4.69, 9.17) is 0 Å². The molecular weight excluding hydrogens is 316 g/mol. The van der Waals surface area contributed by atoms with Gasteiger partial charge in [0.25, 0.3) is 0 Å². The standard InChI is InChI=1S/C25H42O/c1-17-22(3)11-7-19(8-12-22)24(17,5)15-21(26)16-25(6)18(2)23(4)13-9-20(25)10-14-23/h17-20H,7-16H2,1-6H3. The van der Waals surface area contributed by atoms with Crippen molar-refractivity contribution in [1.29, 1.82) is 0 Å². The SMILES string of the molecule is CC1C2(C)CCC(CC2)C1(C)CC(=O)CC1(C)C2CCC(C)(CC2)C1C. The minimum atomic E-state index is 0.250. The molecule has 0 amide bonds. The Kier molecular flexibility index (Phi) is 4.27. The third-order valence-electron chi connectivity index (χ3n) is 11.3. The first kappa shape index (κ1) is 19.0. The number of Topliss-reactive ketones (excluding diaryl/α,β-unsaturated/α-hetero) is 1. The van der Waals surface area contributed by atoms with E-state index in [2.05, 4.69) is 41.5 Å². The third-order valence-corrected chi connectivity index (χ3v) is 11.3. The maximum atomic E-state index is 13.4. The van der Waals surface area contributed by atoms with E-state index in [1.54, 1.807) is 0 Å². The number of carbonyl (C=O) groups excluding carboxylic acids is 1. The van der Waals surface area contributed by atoms with E-state index in [9.17, 15) is 4.79 Å². The zero-order chi connectivity index (χ0) is 19.0. The van der Waals surface area contributed by atoms with Gasteiger partial charge in [0.15, 0.2) is 0 Å². The molecule has 6 rings (SSSR count). The molecule has 0 aromatic heterocycles. The molecular formula is C25H42O. The Labute approximate surface area is 162 Å². The maximum Gasteiger partial charge on any atom is 0.134 e. The molecule has 4 unspecified atom stereocenters. The number of rotatable bonds is 4. The molecule has 4 bridgehead atoms. The Hall–Kier alpha value is -0.330. The largest absolute Gasteiger partial charge is 0.300 e. The van der Waals surface area contributed by atoms with Crippen LogP contribution in [0.4, 0.5) is 0 Å². The summed E-state index contributed by atoms with van der Waals surface area (Å²) in [6, 6.07) is 0. The molecule has 0 heterocycles. The molecule has 6 saturated carbocycles. The van der Waals surface area contributed by atoms with Crippen LogP contribution in [0.1, 0.15) is 106 Å². The second-order valence-electron chi connectivity index (χ2n) is 12.2. The summed E-state index contributed by atoms with van der Waals surface area (Å²) in [5, 5.41) is 0. The van der Waals surface area contributed by atoms with Gasteiger partial charge < -0.3 is 0 Å². The lowest BCUT2D eigenvalue weighted by molar-refractivity contribution is -0.148. The molecule has 0 saturated heterocycles. The molecule has 6 fully saturated rings. The third kappa shape index (κ3) is 2.51. The second-order valence-corrected chi connectivity index (χ2v) is 12.2. The van der Waals surface area contributed by atoms with Crippen LogP contribution in [-0.4, -0.2) is 5.78 Å². The van der Waals surface area contributed by atoms with Crippen LogP contribution < -0.4 is 0 Å². The van der Waals surface area contributed by atoms with Crippen molar-refractivity contribution in [3.05, 3.63) is 0 Å². The van der Waals surface area contributed by atoms with Crippen molar-refractivity contribution < 1.29 is 4.79 Å². The lowest BCUT2D eigenvalue weighted by Crippen LogP contribution is -2.54. The number of carbonyl (C=O) groups is 1. The van der Waals surface area contributed by atoms with Gasteiger partial charge in [0.1, 0.15) is 5.78 Å². The predicted molar refractivity (Wildman–Crippen MR) is 109 cm³/mol. The average molecular weight is 359 g/mol. The Balaban J connectivity index is 1.51. The van der Waals surface area contributed by atoms with Crippen molar-refractivity contribution >= 4 is 5.78 Å². The Morgan fingerprint density at radius 1 is 0.692 bits per heavy atom. The first-order chi connectivity index (χ1) is 12.0. The summed E-state index contributed by atoms with van der Waals surface area (Å²) in [5.41, 5.74) is 1.47. The van der Waals surface area contributed by atoms with Gasteiger partial charge in [-0.25, -0.2) is 0 Å². The summed E-state index contributed by atoms with van der Waals surface area (Å²) in [6.45, 7) is 14.9. The van der Waals surface area contributed by atoms with Gasteiger partial charge in [-0.1, -0.05) is 41.5 Å². The molecule has 4 atom stereocenters. The van der Waals surface area contributed by atoms with E-state index in [0.29, 0.717) is 28.4 Å². The first-order valence-electron chi connectivity index (χ1n) is 11.6. The Morgan fingerprint density at radius 3 is 1.31 bits per heavy atom. The van der Waals surface area contributed by atoms with Crippen LogP contribution in [0.3, 0.4) is 0 Å². The summed E-state index contributed by atoms with van der Waals surface area (Å²) < 4.78 is 0. The summed E-state index contributed by atoms with van der Waals surface area (Å²) in [5.74, 6) is 3.54. The van der Waals surface area contributed by atoms with Crippen LogP contribution in [0.25, 0.3) is 0 Å². The van der Waals surface area contributed by atoms with Crippen molar-refractivity contribution in [2.45, 2.75) is 106 Å². The highest BCUT2D eigenvalue weighted by molar-refractivity contribution is 5.80. The maximum absolute atomic E-state index is 13.4. The summed E-state index contributed by atoms with van der Waals surface area (Å²) in [4.78, 5) is 13.4. The van der Waals surface area contributed by atoms with E-state index in [-0.39, 0.29) is 10.8 Å². The van der Waals surface area contributed by atoms with Crippen LogP contribution in [0.5, 0.6) is 0 Å². The van der Waals surface area contributed by atoms with Gasteiger partial charge in [-0.3, -0.25) is 4.79 Å². The zero-order valence-electron chi connectivity index (χ0n) is 18.3. The number of hydrogen-bond acceptors (Lipinski definition) is 1. The van der Waals surface area contributed by atoms with Crippen molar-refractivity contribution in [2.24, 2.45) is 45.3 Å². The monoisotopic (exact) mass is 358 g/mol. The lowest BCUT2D eigenvalue weighted by atomic mass is 9.43. The number of ketones is 1. The van der Waals surface area contributed by atoms with Crippen molar-refractivity contribution in [1.82, 2.24) is 0 Å². The summed E-state index contributed by atoms with van der Waals surface area (Å²) in [7, 11) is 0. The number of fused-ring (bicyclic) bond motifs is 6. The average Bonchev–Trinajstić information content (AvgIpc) is 2.58. The van der Waals surface area contributed by atoms with Gasteiger partial charge >= 0.3 is 0 Å². The predicted octanol–water partition coefficient (Wildman–Crippen LogP) is 7.04. The molecule has 0 N–H and O–H groups in total. The van der Waals surface area contributed by atoms with Crippen LogP contribution in [0, 0.1) is 45.3 Å². The van der Waals surface area contributed by atoms with Gasteiger partial charge in [0.05, 0.1) is 0 Å². The van der Waals surface area contributed by atoms with Gasteiger partial charge in [0, 0.05) is 12.8 Å². The topological polar surface area (TPSA) is 17.1 Å². The minimum Gasteiger partial charge on any atom is -0.300 e. The van der Waals surface area contributed by atoms with Crippen molar-refractivity contribution in [3.8, 4) is 0 Å². The number of hydrogen-bond donors (Lipinski definition) is 0. The van der Waals surface area contributed by atoms with E-state index in [1.807, 2.05) is 0 Å². The molecule has 0 spiro atoms. The molecule has 6 aliphatic rings. The first-order valence-corrected chi connectivity index (χ1v) is 11.6. The summed E-state index contributed by atoms with van der Waals surface area (Å²) in [6.07, 6.45) is 12.7. The highest BCUT2D eigenvalue weighted by atomic mass is 16.1. The van der Waals surface area contributed by atoms with Gasteiger partial charge in [-0.05, 0) is 96.7 Å². The van der Waals surface area contributed by atoms with Crippen molar-refractivity contribution in [3.63, 3.8) is 0 Å². The molecule has 0 radical (unpaired) electrons. The molecule has 1 heteroatoms. The minimum absolute atomic E-state index is 0.250. The highest BCUT2D eigenvalue weighted by Crippen LogP contribution is 2.65. The van der Waals surface area contributed by atoms with Crippen LogP contribution in [0.2, 0.25) is 0 Å². The van der Waals surface area contributed by atoms with Gasteiger partial charge in [-0.15, -0.1) is 0 Å². The summed E-state index contributed by atoms with van der Waals surface area (Å²) >= 11 is 0. The normalized spacial score (nSPS) is 55.9. The van der Waals surface area contributed by atoms with Gasteiger partial charge in [-0.2, -0.15) is 0 Å². The van der Waals surface area contributed by atoms with Crippen LogP contribution in [-0.2, 0) is 4.79 Å². The molecule has 6 aliphatic carbocycles. The molecule has 0 aromatic carbocycles. The van der Waals surface area contributed by atoms with Gasteiger partial charge in [0.2, 0.25) is 0 Å². The smallest absolute Gasteiger partial charge is 0.134 e. The molecule has 1 nitrogen and oxygen atoms in total. The molecule has 0 aromatic rings. The van der Waals surface area contributed by atoms with E-state index < -0.39 is 0 Å². The molecule has 26 heavy (non-hydrogen) atoms. The van der Waals surface area contributed by atoms with E-state index >= 15 is 0 Å². The quantitative estimate of drug-likeness (QED) is 0.526.